The second kappa shape index (κ2) is 7.01. The number of rotatable bonds is 5. The van der Waals surface area contributed by atoms with Gasteiger partial charge in [-0.2, -0.15) is 0 Å². The summed E-state index contributed by atoms with van der Waals surface area (Å²) in [5.41, 5.74) is 0. The summed E-state index contributed by atoms with van der Waals surface area (Å²) >= 11 is 0. The number of hydrogen-bond donors (Lipinski definition) is 0. The fraction of sp³-hybridized carbons (Fsp3) is 0.308. The van der Waals surface area contributed by atoms with Crippen molar-refractivity contribution in [2.75, 3.05) is 12.9 Å². The molecule has 92 valence electrons. The number of carbonyl (C=O) groups excluding carboxylic acids is 1. The standard InChI is InChI=1S/C13H16O3S/c1-11(8-9-13(14)16-2)10-17(15)12-6-4-3-5-7-12/h3-9,11H,10H2,1-2H3/b9-8-/t11-,17?/m0/s1. The van der Waals surface area contributed by atoms with Gasteiger partial charge in [0.25, 0.3) is 0 Å². The minimum atomic E-state index is -1.03. The summed E-state index contributed by atoms with van der Waals surface area (Å²) < 4.78 is 16.4. The van der Waals surface area contributed by atoms with Crippen LogP contribution in [0.5, 0.6) is 0 Å². The van der Waals surface area contributed by atoms with Crippen LogP contribution in [0.25, 0.3) is 0 Å². The van der Waals surface area contributed by atoms with Crippen molar-refractivity contribution in [3.05, 3.63) is 42.5 Å². The largest absolute Gasteiger partial charge is 0.466 e. The number of methoxy groups -OCH3 is 1. The average molecular weight is 252 g/mol. The van der Waals surface area contributed by atoms with Gasteiger partial charge >= 0.3 is 5.97 Å². The lowest BCUT2D eigenvalue weighted by Gasteiger charge is -2.06. The lowest BCUT2D eigenvalue weighted by molar-refractivity contribution is -0.134. The summed E-state index contributed by atoms with van der Waals surface area (Å²) in [6.07, 6.45) is 3.08. The van der Waals surface area contributed by atoms with E-state index in [-0.39, 0.29) is 11.9 Å². The zero-order chi connectivity index (χ0) is 12.7. The lowest BCUT2D eigenvalue weighted by atomic mass is 10.2. The highest BCUT2D eigenvalue weighted by Gasteiger charge is 2.07. The SMILES string of the molecule is COC(=O)/C=C\[C@H](C)CS(=O)c1ccccc1. The highest BCUT2D eigenvalue weighted by Crippen LogP contribution is 2.10. The maximum atomic E-state index is 11.9. The highest BCUT2D eigenvalue weighted by atomic mass is 32.2. The van der Waals surface area contributed by atoms with E-state index < -0.39 is 10.8 Å². The van der Waals surface area contributed by atoms with Gasteiger partial charge in [0, 0.05) is 16.7 Å². The van der Waals surface area contributed by atoms with Crippen molar-refractivity contribution in [3.63, 3.8) is 0 Å². The molecule has 0 bridgehead atoms. The molecule has 1 aromatic rings. The molecule has 4 heteroatoms. The third-order valence-corrected chi connectivity index (χ3v) is 3.81. The van der Waals surface area contributed by atoms with Crippen LogP contribution in [0, 0.1) is 5.92 Å². The van der Waals surface area contributed by atoms with Crippen LogP contribution in [0.4, 0.5) is 0 Å². The number of benzene rings is 1. The Labute approximate surface area is 104 Å². The molecule has 0 aliphatic rings. The Balaban J connectivity index is 2.52. The van der Waals surface area contributed by atoms with Gasteiger partial charge in [-0.05, 0) is 18.1 Å². The zero-order valence-electron chi connectivity index (χ0n) is 9.96. The van der Waals surface area contributed by atoms with Crippen molar-refractivity contribution in [3.8, 4) is 0 Å². The number of hydrogen-bond acceptors (Lipinski definition) is 3. The summed E-state index contributed by atoms with van der Waals surface area (Å²) in [7, 11) is 0.299. The van der Waals surface area contributed by atoms with E-state index in [1.807, 2.05) is 37.3 Å². The van der Waals surface area contributed by atoms with Crippen LogP contribution in [-0.2, 0) is 20.3 Å². The van der Waals surface area contributed by atoms with Gasteiger partial charge in [-0.25, -0.2) is 4.79 Å². The zero-order valence-corrected chi connectivity index (χ0v) is 10.8. The topological polar surface area (TPSA) is 43.4 Å². The predicted molar refractivity (Wildman–Crippen MR) is 68.0 cm³/mol. The van der Waals surface area contributed by atoms with Crippen LogP contribution in [0.3, 0.4) is 0 Å². The van der Waals surface area contributed by atoms with Gasteiger partial charge in [0.2, 0.25) is 0 Å². The van der Waals surface area contributed by atoms with Gasteiger partial charge in [0.1, 0.15) is 0 Å². The smallest absolute Gasteiger partial charge is 0.330 e. The van der Waals surface area contributed by atoms with Crippen LogP contribution in [0.2, 0.25) is 0 Å². The number of allylic oxidation sites excluding steroid dienone is 1. The normalized spacial score (nSPS) is 14.5. The summed E-state index contributed by atoms with van der Waals surface area (Å²) in [5.74, 6) is 0.176. The van der Waals surface area contributed by atoms with Crippen molar-refractivity contribution < 1.29 is 13.7 Å². The van der Waals surface area contributed by atoms with Gasteiger partial charge in [-0.3, -0.25) is 4.21 Å². The molecule has 0 radical (unpaired) electrons. The Hall–Kier alpha value is -1.42. The van der Waals surface area contributed by atoms with E-state index >= 15 is 0 Å². The van der Waals surface area contributed by atoms with Gasteiger partial charge in [-0.15, -0.1) is 0 Å². The number of ether oxygens (including phenoxy) is 1. The molecule has 0 aliphatic carbocycles. The van der Waals surface area contributed by atoms with E-state index in [0.29, 0.717) is 5.75 Å². The summed E-state index contributed by atoms with van der Waals surface area (Å²) in [4.78, 5) is 11.7. The van der Waals surface area contributed by atoms with Crippen LogP contribution >= 0.6 is 0 Å². The van der Waals surface area contributed by atoms with Gasteiger partial charge in [-0.1, -0.05) is 31.2 Å². The minimum absolute atomic E-state index is 0.0649. The molecule has 17 heavy (non-hydrogen) atoms. The molecule has 0 amide bonds. The highest BCUT2D eigenvalue weighted by molar-refractivity contribution is 7.85. The maximum absolute atomic E-state index is 11.9. The molecule has 1 unspecified atom stereocenters. The Morgan fingerprint density at radius 1 is 1.41 bits per heavy atom. The summed E-state index contributed by atoms with van der Waals surface area (Å²) in [5, 5.41) is 0. The Morgan fingerprint density at radius 2 is 2.06 bits per heavy atom. The van der Waals surface area contributed by atoms with Crippen molar-refractivity contribution in [1.82, 2.24) is 0 Å². The molecule has 2 atom stereocenters. The Bertz CT molecular complexity index is 412. The maximum Gasteiger partial charge on any atom is 0.330 e. The van der Waals surface area contributed by atoms with E-state index in [9.17, 15) is 9.00 Å². The molecule has 0 aliphatic heterocycles. The average Bonchev–Trinajstić information content (AvgIpc) is 2.36. The quantitative estimate of drug-likeness (QED) is 0.596. The monoisotopic (exact) mass is 252 g/mol. The molecule has 0 fully saturated rings. The molecule has 3 nitrogen and oxygen atoms in total. The first kappa shape index (κ1) is 13.6. The van der Waals surface area contributed by atoms with Gasteiger partial charge < -0.3 is 4.74 Å². The molecule has 0 spiro atoms. The first-order chi connectivity index (χ1) is 8.13. The van der Waals surface area contributed by atoms with Gasteiger partial charge in [0.15, 0.2) is 0 Å². The van der Waals surface area contributed by atoms with Crippen molar-refractivity contribution >= 4 is 16.8 Å². The summed E-state index contributed by atoms with van der Waals surface area (Å²) in [6.45, 7) is 1.92. The van der Waals surface area contributed by atoms with Crippen molar-refractivity contribution in [1.29, 1.82) is 0 Å². The molecular weight excluding hydrogens is 236 g/mol. The molecule has 0 saturated heterocycles. The number of esters is 1. The van der Waals surface area contributed by atoms with Gasteiger partial charge in [0.05, 0.1) is 17.9 Å². The Morgan fingerprint density at radius 3 is 2.65 bits per heavy atom. The Kier molecular flexibility index (Phi) is 5.63. The molecule has 1 rings (SSSR count). The molecular formula is C13H16O3S. The first-order valence-electron chi connectivity index (χ1n) is 5.33. The van der Waals surface area contributed by atoms with Crippen molar-refractivity contribution in [2.24, 2.45) is 5.92 Å². The second-order valence-electron chi connectivity index (χ2n) is 3.68. The third kappa shape index (κ3) is 4.95. The van der Waals surface area contributed by atoms with Crippen LogP contribution in [0.15, 0.2) is 47.4 Å². The van der Waals surface area contributed by atoms with E-state index in [2.05, 4.69) is 4.74 Å². The van der Waals surface area contributed by atoms with E-state index in [1.54, 1.807) is 6.08 Å². The summed E-state index contributed by atoms with van der Waals surface area (Å²) in [6, 6.07) is 9.30. The minimum Gasteiger partial charge on any atom is -0.466 e. The van der Waals surface area contributed by atoms with Crippen LogP contribution < -0.4 is 0 Å². The molecule has 0 saturated carbocycles. The van der Waals surface area contributed by atoms with E-state index in [1.165, 1.54) is 13.2 Å². The van der Waals surface area contributed by atoms with E-state index in [0.717, 1.165) is 4.90 Å². The fourth-order valence-corrected chi connectivity index (χ4v) is 2.52. The number of carbonyl (C=O) groups is 1. The second-order valence-corrected chi connectivity index (χ2v) is 5.18. The third-order valence-electron chi connectivity index (χ3n) is 2.18. The van der Waals surface area contributed by atoms with Crippen LogP contribution in [0.1, 0.15) is 6.92 Å². The van der Waals surface area contributed by atoms with Crippen molar-refractivity contribution in [2.45, 2.75) is 11.8 Å². The predicted octanol–water partition coefficient (Wildman–Crippen LogP) is 2.16. The molecule has 0 N–H and O–H groups in total. The molecule has 1 aromatic carbocycles. The molecule has 0 aromatic heterocycles. The first-order valence-corrected chi connectivity index (χ1v) is 6.65. The fourth-order valence-electron chi connectivity index (χ4n) is 1.27. The van der Waals surface area contributed by atoms with Crippen LogP contribution in [-0.4, -0.2) is 23.0 Å². The lowest BCUT2D eigenvalue weighted by Crippen LogP contribution is -2.06. The van der Waals surface area contributed by atoms with E-state index in [4.69, 9.17) is 0 Å². The molecule has 0 heterocycles.